The molecule has 9 heteroatoms. The van der Waals surface area contributed by atoms with E-state index in [1.165, 1.54) is 7.11 Å². The number of ether oxygens (including phenoxy) is 4. The molecule has 4 aliphatic carbocycles. The van der Waals surface area contributed by atoms with E-state index in [9.17, 15) is 24.6 Å². The summed E-state index contributed by atoms with van der Waals surface area (Å²) in [6.07, 6.45) is 6.21. The van der Waals surface area contributed by atoms with E-state index in [1.807, 2.05) is 20.8 Å². The van der Waals surface area contributed by atoms with Crippen molar-refractivity contribution in [1.29, 1.82) is 0 Å². The second-order valence-corrected chi connectivity index (χ2v) is 13.9. The fraction of sp³-hybridized carbons (Fsp3) is 0.735. The average Bonchev–Trinajstić information content (AvgIpc) is 3.54. The number of carbonyl (C=O) groups is 3. The number of carboxylic acids is 1. The van der Waals surface area contributed by atoms with E-state index in [4.69, 9.17) is 18.9 Å². The lowest BCUT2D eigenvalue weighted by Gasteiger charge is -2.58. The van der Waals surface area contributed by atoms with Gasteiger partial charge in [-0.2, -0.15) is 0 Å². The molecule has 9 nitrogen and oxygen atoms in total. The summed E-state index contributed by atoms with van der Waals surface area (Å²) in [6, 6.07) is 0. The molecule has 1 heterocycles. The van der Waals surface area contributed by atoms with E-state index < -0.39 is 58.9 Å². The number of hydrogen-bond acceptors (Lipinski definition) is 8. The first-order valence-electron chi connectivity index (χ1n) is 15.8. The topological polar surface area (TPSA) is 129 Å². The number of esters is 1. The van der Waals surface area contributed by atoms with Gasteiger partial charge in [-0.1, -0.05) is 57.1 Å². The lowest BCUT2D eigenvalue weighted by Crippen LogP contribution is -2.64. The van der Waals surface area contributed by atoms with Crippen molar-refractivity contribution < 1.29 is 43.5 Å². The number of aliphatic carboxylic acids is 1. The molecule has 0 aromatic rings. The van der Waals surface area contributed by atoms with Gasteiger partial charge in [0.1, 0.15) is 23.9 Å². The monoisotopic (exact) mass is 600 g/mol. The van der Waals surface area contributed by atoms with Gasteiger partial charge < -0.3 is 34.0 Å². The van der Waals surface area contributed by atoms with Crippen LogP contribution < -0.4 is 0 Å². The summed E-state index contributed by atoms with van der Waals surface area (Å²) in [5, 5.41) is 22.7. The summed E-state index contributed by atoms with van der Waals surface area (Å²) < 4.78 is 23.9. The maximum absolute atomic E-state index is 13.7. The van der Waals surface area contributed by atoms with Crippen molar-refractivity contribution in [1.82, 2.24) is 0 Å². The first-order chi connectivity index (χ1) is 20.4. The molecule has 4 bridgehead atoms. The molecule has 0 aromatic carbocycles. The zero-order valence-electron chi connectivity index (χ0n) is 26.4. The predicted octanol–water partition coefficient (Wildman–Crippen LogP) is 4.48. The van der Waals surface area contributed by atoms with Gasteiger partial charge in [0.2, 0.25) is 0 Å². The Balaban J connectivity index is 1.49. The molecule has 0 spiro atoms. The molecule has 0 aromatic heterocycles. The Morgan fingerprint density at radius 1 is 1.19 bits per heavy atom. The Hall–Kier alpha value is -2.33. The van der Waals surface area contributed by atoms with Crippen molar-refractivity contribution >= 4 is 18.2 Å². The predicted molar refractivity (Wildman–Crippen MR) is 158 cm³/mol. The maximum atomic E-state index is 13.7. The molecule has 238 valence electrons. The first kappa shape index (κ1) is 32.1. The molecule has 0 radical (unpaired) electrons. The summed E-state index contributed by atoms with van der Waals surface area (Å²) >= 11 is 0. The van der Waals surface area contributed by atoms with Crippen LogP contribution in [0.25, 0.3) is 0 Å². The van der Waals surface area contributed by atoms with Crippen LogP contribution in [-0.2, 0) is 33.3 Å². The first-order valence-corrected chi connectivity index (χ1v) is 15.8. The summed E-state index contributed by atoms with van der Waals surface area (Å²) in [4.78, 5) is 39.8. The molecule has 5 aliphatic rings. The molecular weight excluding hydrogens is 552 g/mol. The van der Waals surface area contributed by atoms with E-state index in [0.717, 1.165) is 24.7 Å². The van der Waals surface area contributed by atoms with E-state index in [-0.39, 0.29) is 30.3 Å². The van der Waals surface area contributed by atoms with Gasteiger partial charge in [-0.25, -0.2) is 4.79 Å². The number of aliphatic hydroxyl groups is 1. The minimum Gasteiger partial charge on any atom is -0.481 e. The van der Waals surface area contributed by atoms with E-state index in [0.29, 0.717) is 24.3 Å². The summed E-state index contributed by atoms with van der Waals surface area (Å²) in [6.45, 7) is 11.4. The minimum absolute atomic E-state index is 0.00476. The standard InChI is InChI=1S/C34H48O9/c1-8-9-10-20(5)29(37)43-28-26(36)30(42-21(6)27(28)40-7)41-17-33-15-23-19(4)11-12-24(23)32(16-35)14-22(33)13-25(18(2)3)34(32,33)31(38)39/h8-10,13,16,18-19,21-24,26-28,30,36H,11-12,14-15,17H2,1-7H3,(H,38,39)/b9-8+,20-10-/t19-,21-,22?,23-,24-,26+,27-,28+,30-,32+,33?,34?/m1/s1. The van der Waals surface area contributed by atoms with Crippen LogP contribution in [-0.4, -0.2) is 72.9 Å². The Labute approximate surface area is 254 Å². The number of carboxylic acid groups (broad SMARTS) is 1. The second-order valence-electron chi connectivity index (χ2n) is 13.9. The van der Waals surface area contributed by atoms with E-state index in [1.54, 1.807) is 32.1 Å². The van der Waals surface area contributed by atoms with Crippen molar-refractivity contribution in [2.24, 2.45) is 45.8 Å². The number of carbonyl (C=O) groups excluding carboxylic acids is 2. The molecule has 4 fully saturated rings. The van der Waals surface area contributed by atoms with Crippen LogP contribution in [0.15, 0.2) is 35.5 Å². The molecule has 3 unspecified atom stereocenters. The Bertz CT molecular complexity index is 1220. The van der Waals surface area contributed by atoms with Crippen LogP contribution >= 0.6 is 0 Å². The molecular formula is C34H48O9. The van der Waals surface area contributed by atoms with Crippen molar-refractivity contribution in [3.63, 3.8) is 0 Å². The third-order valence-corrected chi connectivity index (χ3v) is 11.8. The van der Waals surface area contributed by atoms with Gasteiger partial charge in [-0.15, -0.1) is 0 Å². The zero-order chi connectivity index (χ0) is 31.5. The molecule has 1 saturated heterocycles. The number of aldehydes is 1. The molecule has 5 rings (SSSR count). The summed E-state index contributed by atoms with van der Waals surface area (Å²) in [5.41, 5.74) is -2.10. The van der Waals surface area contributed by atoms with Crippen LogP contribution in [0.3, 0.4) is 0 Å². The van der Waals surface area contributed by atoms with Crippen molar-refractivity contribution in [2.45, 2.75) is 97.9 Å². The number of hydrogen-bond donors (Lipinski definition) is 2. The van der Waals surface area contributed by atoms with Crippen molar-refractivity contribution in [3.05, 3.63) is 35.5 Å². The van der Waals surface area contributed by atoms with Crippen LogP contribution in [0.1, 0.15) is 67.2 Å². The van der Waals surface area contributed by atoms with Gasteiger partial charge in [0, 0.05) is 18.1 Å². The second kappa shape index (κ2) is 11.5. The fourth-order valence-corrected chi connectivity index (χ4v) is 9.98. The number of aliphatic hydroxyl groups excluding tert-OH is 1. The molecule has 43 heavy (non-hydrogen) atoms. The number of rotatable bonds is 10. The minimum atomic E-state index is -1.40. The van der Waals surface area contributed by atoms with Gasteiger partial charge in [-0.05, 0) is 69.6 Å². The maximum Gasteiger partial charge on any atom is 0.334 e. The van der Waals surface area contributed by atoms with Gasteiger partial charge in [0.25, 0.3) is 0 Å². The highest BCUT2D eigenvalue weighted by Crippen LogP contribution is 2.82. The van der Waals surface area contributed by atoms with Gasteiger partial charge in [-0.3, -0.25) is 4.79 Å². The normalized spacial score (nSPS) is 45.4. The third kappa shape index (κ3) is 4.36. The highest BCUT2D eigenvalue weighted by molar-refractivity contribution is 5.90. The molecule has 3 saturated carbocycles. The molecule has 12 atom stereocenters. The number of allylic oxidation sites excluding steroid dienone is 4. The highest BCUT2D eigenvalue weighted by Gasteiger charge is 2.84. The SMILES string of the molecule is C/C=C/C=C(/C)C(=O)O[C@H]1[C@H](O)[C@H](OCC23C[C@@H]4[C@H](C)CC[C@H]4[C@@]4(C=O)CC2C=C(C(C)C)C34C(=O)O)O[C@H](C)[C@H]1OC. The quantitative estimate of drug-likeness (QED) is 0.123. The smallest absolute Gasteiger partial charge is 0.334 e. The van der Waals surface area contributed by atoms with Crippen molar-refractivity contribution in [3.8, 4) is 0 Å². The average molecular weight is 601 g/mol. The van der Waals surface area contributed by atoms with Crippen LogP contribution in [0.4, 0.5) is 0 Å². The van der Waals surface area contributed by atoms with E-state index >= 15 is 0 Å². The lowest BCUT2D eigenvalue weighted by molar-refractivity contribution is -0.308. The number of fused-ring (bicyclic) bond motifs is 2. The highest BCUT2D eigenvalue weighted by atomic mass is 16.7. The van der Waals surface area contributed by atoms with Gasteiger partial charge in [0.15, 0.2) is 12.4 Å². The fourth-order valence-electron chi connectivity index (χ4n) is 9.98. The summed E-state index contributed by atoms with van der Waals surface area (Å²) in [5.74, 6) is -1.17. The van der Waals surface area contributed by atoms with Gasteiger partial charge in [0.05, 0.1) is 18.1 Å². The van der Waals surface area contributed by atoms with Crippen LogP contribution in [0, 0.1) is 45.8 Å². The Morgan fingerprint density at radius 2 is 1.91 bits per heavy atom. The van der Waals surface area contributed by atoms with Crippen molar-refractivity contribution in [2.75, 3.05) is 13.7 Å². The van der Waals surface area contributed by atoms with Gasteiger partial charge >= 0.3 is 11.9 Å². The Kier molecular flexibility index (Phi) is 8.61. The summed E-state index contributed by atoms with van der Waals surface area (Å²) in [7, 11) is 1.47. The largest absolute Gasteiger partial charge is 0.481 e. The lowest BCUT2D eigenvalue weighted by atomic mass is 9.43. The third-order valence-electron chi connectivity index (χ3n) is 11.8. The Morgan fingerprint density at radius 3 is 2.51 bits per heavy atom. The molecule has 2 N–H and O–H groups in total. The van der Waals surface area contributed by atoms with Crippen LogP contribution in [0.5, 0.6) is 0 Å². The number of methoxy groups -OCH3 is 1. The molecule has 0 amide bonds. The van der Waals surface area contributed by atoms with Crippen LogP contribution in [0.2, 0.25) is 0 Å². The van der Waals surface area contributed by atoms with E-state index in [2.05, 4.69) is 13.0 Å². The zero-order valence-corrected chi connectivity index (χ0v) is 26.4. The molecule has 1 aliphatic heterocycles.